The van der Waals surface area contributed by atoms with Crippen LogP contribution in [-0.4, -0.2) is 20.4 Å². The van der Waals surface area contributed by atoms with Crippen molar-refractivity contribution in [2.45, 2.75) is 44.6 Å². The van der Waals surface area contributed by atoms with Gasteiger partial charge in [-0.05, 0) is 38.0 Å². The van der Waals surface area contributed by atoms with E-state index in [1.165, 1.54) is 12.1 Å². The van der Waals surface area contributed by atoms with Crippen LogP contribution in [0.25, 0.3) is 0 Å². The molecule has 6 heteroatoms. The van der Waals surface area contributed by atoms with E-state index < -0.39 is 15.9 Å². The van der Waals surface area contributed by atoms with E-state index in [0.29, 0.717) is 5.56 Å². The number of benzene rings is 1. The highest BCUT2D eigenvalue weighted by Gasteiger charge is 2.19. The summed E-state index contributed by atoms with van der Waals surface area (Å²) in [7, 11) is -3.61. The Balaban J connectivity index is 3.08. The number of hydrogen-bond donors (Lipinski definition) is 2. The van der Waals surface area contributed by atoms with Crippen molar-refractivity contribution in [3.8, 4) is 0 Å². The predicted molar refractivity (Wildman–Crippen MR) is 74.4 cm³/mol. The smallest absolute Gasteiger partial charge is 0.249 e. The summed E-state index contributed by atoms with van der Waals surface area (Å²) in [6.07, 6.45) is 1.65. The van der Waals surface area contributed by atoms with Gasteiger partial charge in [-0.3, -0.25) is 4.79 Å². The van der Waals surface area contributed by atoms with Crippen molar-refractivity contribution < 1.29 is 13.2 Å². The van der Waals surface area contributed by atoms with Crippen LogP contribution in [0.1, 0.15) is 42.6 Å². The Morgan fingerprint density at radius 1 is 1.42 bits per heavy atom. The summed E-state index contributed by atoms with van der Waals surface area (Å²) in [4.78, 5) is 11.3. The van der Waals surface area contributed by atoms with Gasteiger partial charge in [0.15, 0.2) is 0 Å². The zero-order valence-corrected chi connectivity index (χ0v) is 12.3. The summed E-state index contributed by atoms with van der Waals surface area (Å²) in [5.41, 5.74) is 6.11. The average Bonchev–Trinajstić information content (AvgIpc) is 2.28. The van der Waals surface area contributed by atoms with E-state index in [0.717, 1.165) is 12.8 Å². The second-order valence-electron chi connectivity index (χ2n) is 4.65. The highest BCUT2D eigenvalue weighted by atomic mass is 32.2. The summed E-state index contributed by atoms with van der Waals surface area (Å²) in [5.74, 6) is -0.629. The van der Waals surface area contributed by atoms with E-state index in [2.05, 4.69) is 4.72 Å². The maximum atomic E-state index is 12.1. The topological polar surface area (TPSA) is 89.3 Å². The monoisotopic (exact) mass is 284 g/mol. The van der Waals surface area contributed by atoms with Gasteiger partial charge in [0.25, 0.3) is 0 Å². The summed E-state index contributed by atoms with van der Waals surface area (Å²) in [6.45, 7) is 5.51. The third-order valence-corrected chi connectivity index (χ3v) is 4.45. The van der Waals surface area contributed by atoms with Crippen LogP contribution in [0, 0.1) is 6.92 Å². The number of rotatable bonds is 6. The second kappa shape index (κ2) is 6.16. The fraction of sp³-hybridized carbons (Fsp3) is 0.462. The van der Waals surface area contributed by atoms with Gasteiger partial charge < -0.3 is 5.73 Å². The lowest BCUT2D eigenvalue weighted by Crippen LogP contribution is -2.32. The lowest BCUT2D eigenvalue weighted by Gasteiger charge is -2.14. The molecule has 1 aromatic carbocycles. The lowest BCUT2D eigenvalue weighted by atomic mass is 10.1. The van der Waals surface area contributed by atoms with Crippen molar-refractivity contribution in [2.24, 2.45) is 5.73 Å². The molecular formula is C13H20N2O3S. The Morgan fingerprint density at radius 2 is 2.05 bits per heavy atom. The molecule has 0 bridgehead atoms. The predicted octanol–water partition coefficient (Wildman–Crippen LogP) is 1.56. The first-order valence-electron chi connectivity index (χ1n) is 6.20. The van der Waals surface area contributed by atoms with Crippen LogP contribution >= 0.6 is 0 Å². The maximum Gasteiger partial charge on any atom is 0.249 e. The third kappa shape index (κ3) is 4.04. The molecule has 0 spiro atoms. The molecule has 0 saturated heterocycles. The molecule has 5 nitrogen and oxygen atoms in total. The van der Waals surface area contributed by atoms with E-state index in [1.807, 2.05) is 13.8 Å². The molecular weight excluding hydrogens is 264 g/mol. The van der Waals surface area contributed by atoms with Crippen LogP contribution in [-0.2, 0) is 10.0 Å². The van der Waals surface area contributed by atoms with Gasteiger partial charge in [-0.15, -0.1) is 0 Å². The molecule has 0 aliphatic rings. The van der Waals surface area contributed by atoms with E-state index in [1.54, 1.807) is 13.0 Å². The number of sulfonamides is 1. The SMILES string of the molecule is CCC[C@H](C)NS(=O)(=O)c1ccc(C)c(C(N)=O)c1. The summed E-state index contributed by atoms with van der Waals surface area (Å²) in [5, 5.41) is 0. The van der Waals surface area contributed by atoms with Gasteiger partial charge >= 0.3 is 0 Å². The van der Waals surface area contributed by atoms with Crippen LogP contribution in [0.4, 0.5) is 0 Å². The molecule has 0 fully saturated rings. The standard InChI is InChI=1S/C13H20N2O3S/c1-4-5-10(3)15-19(17,18)11-7-6-9(2)12(8-11)13(14)16/h6-8,10,15H,4-5H2,1-3H3,(H2,14,16)/t10-/m0/s1. The molecule has 0 aromatic heterocycles. The quantitative estimate of drug-likeness (QED) is 0.830. The Bertz CT molecular complexity index is 567. The zero-order valence-electron chi connectivity index (χ0n) is 11.4. The molecule has 1 atom stereocenters. The molecule has 0 heterocycles. The van der Waals surface area contributed by atoms with Gasteiger partial charge in [-0.1, -0.05) is 19.4 Å². The Kier molecular flexibility index (Phi) is 5.08. The fourth-order valence-electron chi connectivity index (χ4n) is 1.86. The van der Waals surface area contributed by atoms with Gasteiger partial charge in [0.2, 0.25) is 15.9 Å². The Morgan fingerprint density at radius 3 is 2.58 bits per heavy atom. The van der Waals surface area contributed by atoms with Crippen LogP contribution in [0.2, 0.25) is 0 Å². The largest absolute Gasteiger partial charge is 0.366 e. The van der Waals surface area contributed by atoms with Crippen molar-refractivity contribution in [3.05, 3.63) is 29.3 Å². The molecule has 1 amide bonds. The minimum absolute atomic E-state index is 0.0647. The summed E-state index contributed by atoms with van der Waals surface area (Å²) < 4.78 is 26.9. The molecule has 0 aliphatic carbocycles. The van der Waals surface area contributed by atoms with Crippen LogP contribution in [0.5, 0.6) is 0 Å². The fourth-order valence-corrected chi connectivity index (χ4v) is 3.16. The normalized spacial score (nSPS) is 13.2. The van der Waals surface area contributed by atoms with E-state index in [9.17, 15) is 13.2 Å². The molecule has 106 valence electrons. The highest BCUT2D eigenvalue weighted by Crippen LogP contribution is 2.16. The molecule has 3 N–H and O–H groups in total. The molecule has 0 aliphatic heterocycles. The summed E-state index contributed by atoms with van der Waals surface area (Å²) in [6, 6.07) is 4.23. The number of carbonyl (C=O) groups is 1. The van der Waals surface area contributed by atoms with E-state index in [4.69, 9.17) is 5.73 Å². The third-order valence-electron chi connectivity index (χ3n) is 2.86. The molecule has 0 saturated carbocycles. The van der Waals surface area contributed by atoms with Crippen LogP contribution < -0.4 is 10.5 Å². The number of hydrogen-bond acceptors (Lipinski definition) is 3. The molecule has 0 unspecified atom stereocenters. The minimum Gasteiger partial charge on any atom is -0.366 e. The molecule has 19 heavy (non-hydrogen) atoms. The number of nitrogens with two attached hydrogens (primary N) is 1. The minimum atomic E-state index is -3.61. The zero-order chi connectivity index (χ0) is 14.6. The number of aryl methyl sites for hydroxylation is 1. The lowest BCUT2D eigenvalue weighted by molar-refractivity contribution is 0.0999. The Hall–Kier alpha value is -1.40. The van der Waals surface area contributed by atoms with Gasteiger partial charge in [0.05, 0.1) is 4.90 Å². The Labute approximate surface area is 114 Å². The van der Waals surface area contributed by atoms with E-state index >= 15 is 0 Å². The number of amides is 1. The van der Waals surface area contributed by atoms with Crippen molar-refractivity contribution in [1.29, 1.82) is 0 Å². The second-order valence-corrected chi connectivity index (χ2v) is 6.37. The van der Waals surface area contributed by atoms with Crippen molar-refractivity contribution in [2.75, 3.05) is 0 Å². The van der Waals surface area contributed by atoms with Gasteiger partial charge in [-0.2, -0.15) is 0 Å². The average molecular weight is 284 g/mol. The first-order chi connectivity index (χ1) is 8.77. The number of primary amides is 1. The highest BCUT2D eigenvalue weighted by molar-refractivity contribution is 7.89. The van der Waals surface area contributed by atoms with Gasteiger partial charge in [-0.25, -0.2) is 13.1 Å². The molecule has 0 radical (unpaired) electrons. The maximum absolute atomic E-state index is 12.1. The van der Waals surface area contributed by atoms with E-state index in [-0.39, 0.29) is 16.5 Å². The molecule has 1 aromatic rings. The first-order valence-corrected chi connectivity index (χ1v) is 7.69. The first kappa shape index (κ1) is 15.7. The van der Waals surface area contributed by atoms with Crippen molar-refractivity contribution in [1.82, 2.24) is 4.72 Å². The van der Waals surface area contributed by atoms with Crippen molar-refractivity contribution in [3.63, 3.8) is 0 Å². The molecule has 1 rings (SSSR count). The van der Waals surface area contributed by atoms with Crippen LogP contribution in [0.3, 0.4) is 0 Å². The van der Waals surface area contributed by atoms with Gasteiger partial charge in [0, 0.05) is 11.6 Å². The van der Waals surface area contributed by atoms with Gasteiger partial charge in [0.1, 0.15) is 0 Å². The van der Waals surface area contributed by atoms with Crippen LogP contribution in [0.15, 0.2) is 23.1 Å². The number of nitrogens with one attached hydrogen (secondary N) is 1. The summed E-state index contributed by atoms with van der Waals surface area (Å²) >= 11 is 0. The van der Waals surface area contributed by atoms with Crippen molar-refractivity contribution >= 4 is 15.9 Å². The number of carbonyl (C=O) groups excluding carboxylic acids is 1.